The number of halogens is 1. The number of benzene rings is 2. The normalized spacial score (nSPS) is 16.7. The van der Waals surface area contributed by atoms with E-state index >= 15 is 0 Å². The van der Waals surface area contributed by atoms with Crippen LogP contribution in [0.4, 0.5) is 10.1 Å². The summed E-state index contributed by atoms with van der Waals surface area (Å²) in [6.07, 6.45) is -0.691. The molecule has 9 heteroatoms. The third-order valence-corrected chi connectivity index (χ3v) is 5.45. The van der Waals surface area contributed by atoms with Gasteiger partial charge in [0.25, 0.3) is 10.0 Å². The molecule has 1 N–H and O–H groups in total. The molecule has 1 saturated heterocycles. The molecule has 3 rings (SSSR count). The van der Waals surface area contributed by atoms with Gasteiger partial charge in [-0.2, -0.15) is 0 Å². The SMILES string of the molecule is Cc1ccc(F)cc1S(=O)(=O)Nc1cccc(C(=O)O[C@@H]2CCOC2=O)c1. The van der Waals surface area contributed by atoms with E-state index in [1.54, 1.807) is 6.92 Å². The molecule has 1 fully saturated rings. The number of nitrogens with one attached hydrogen (secondary N) is 1. The Balaban J connectivity index is 1.80. The van der Waals surface area contributed by atoms with Crippen LogP contribution in [-0.4, -0.2) is 33.1 Å². The van der Waals surface area contributed by atoms with Gasteiger partial charge in [-0.1, -0.05) is 12.1 Å². The van der Waals surface area contributed by atoms with Crippen molar-refractivity contribution in [1.82, 2.24) is 0 Å². The number of ether oxygens (including phenoxy) is 2. The van der Waals surface area contributed by atoms with Crippen LogP contribution in [0.5, 0.6) is 0 Å². The van der Waals surface area contributed by atoms with Crippen molar-refractivity contribution in [3.63, 3.8) is 0 Å². The molecular formula is C18H16FNO6S. The van der Waals surface area contributed by atoms with Gasteiger partial charge in [0.05, 0.1) is 17.1 Å². The maximum absolute atomic E-state index is 13.4. The summed E-state index contributed by atoms with van der Waals surface area (Å²) in [4.78, 5) is 23.4. The molecule has 1 heterocycles. The predicted molar refractivity (Wildman–Crippen MR) is 93.2 cm³/mol. The van der Waals surface area contributed by atoms with E-state index in [2.05, 4.69) is 4.72 Å². The van der Waals surface area contributed by atoms with Crippen molar-refractivity contribution < 1.29 is 31.9 Å². The molecule has 0 radical (unpaired) electrons. The standard InChI is InChI=1S/C18H16FNO6S/c1-11-5-6-13(19)10-16(11)27(23,24)20-14-4-2-3-12(9-14)17(21)26-15-7-8-25-18(15)22/h2-6,9-10,15,20H,7-8H2,1H3/t15-/m1/s1. The van der Waals surface area contributed by atoms with E-state index in [0.29, 0.717) is 5.56 Å². The number of rotatable bonds is 5. The molecule has 1 aliphatic rings. The molecule has 2 aromatic rings. The Morgan fingerprint density at radius 1 is 1.26 bits per heavy atom. The number of anilines is 1. The summed E-state index contributed by atoms with van der Waals surface area (Å²) in [5.74, 6) is -2.06. The molecule has 7 nitrogen and oxygen atoms in total. The first-order valence-corrected chi connectivity index (χ1v) is 9.51. The number of aryl methyl sites for hydroxylation is 1. The van der Waals surface area contributed by atoms with E-state index in [-0.39, 0.29) is 29.2 Å². The first kappa shape index (κ1) is 18.8. The van der Waals surface area contributed by atoms with Gasteiger partial charge in [-0.05, 0) is 42.8 Å². The number of hydrogen-bond donors (Lipinski definition) is 1. The van der Waals surface area contributed by atoms with Gasteiger partial charge in [0.15, 0.2) is 0 Å². The number of cyclic esters (lactones) is 1. The summed E-state index contributed by atoms with van der Waals surface area (Å²) < 4.78 is 50.6. The minimum absolute atomic E-state index is 0.0610. The van der Waals surface area contributed by atoms with Gasteiger partial charge < -0.3 is 9.47 Å². The molecule has 0 spiro atoms. The van der Waals surface area contributed by atoms with E-state index in [4.69, 9.17) is 9.47 Å². The third kappa shape index (κ3) is 4.25. The molecule has 1 atom stereocenters. The summed E-state index contributed by atoms with van der Waals surface area (Å²) in [5.41, 5.74) is 0.534. The summed E-state index contributed by atoms with van der Waals surface area (Å²) in [5, 5.41) is 0. The van der Waals surface area contributed by atoms with Crippen LogP contribution < -0.4 is 4.72 Å². The second kappa shape index (κ2) is 7.36. The molecule has 142 valence electrons. The van der Waals surface area contributed by atoms with Crippen molar-refractivity contribution in [3.8, 4) is 0 Å². The molecule has 0 aliphatic carbocycles. The second-order valence-electron chi connectivity index (χ2n) is 5.95. The maximum atomic E-state index is 13.4. The Hall–Kier alpha value is -2.94. The second-order valence-corrected chi connectivity index (χ2v) is 7.60. The molecule has 0 aromatic heterocycles. The molecule has 0 saturated carbocycles. The van der Waals surface area contributed by atoms with Crippen molar-refractivity contribution in [2.75, 3.05) is 11.3 Å². The fraction of sp³-hybridized carbons (Fsp3) is 0.222. The quantitative estimate of drug-likeness (QED) is 0.784. The average Bonchev–Trinajstić information content (AvgIpc) is 3.01. The largest absolute Gasteiger partial charge is 0.463 e. The van der Waals surface area contributed by atoms with Crippen LogP contribution >= 0.6 is 0 Å². The summed E-state index contributed by atoms with van der Waals surface area (Å²) in [6.45, 7) is 1.73. The van der Waals surface area contributed by atoms with Crippen LogP contribution in [0.15, 0.2) is 47.4 Å². The highest BCUT2D eigenvalue weighted by atomic mass is 32.2. The van der Waals surface area contributed by atoms with Crippen LogP contribution in [0, 0.1) is 12.7 Å². The summed E-state index contributed by atoms with van der Waals surface area (Å²) in [7, 11) is -4.06. The number of hydrogen-bond acceptors (Lipinski definition) is 6. The zero-order valence-electron chi connectivity index (χ0n) is 14.3. The Kier molecular flexibility index (Phi) is 5.13. The lowest BCUT2D eigenvalue weighted by molar-refractivity contribution is -0.145. The molecule has 2 aromatic carbocycles. The van der Waals surface area contributed by atoms with E-state index in [0.717, 1.165) is 6.07 Å². The van der Waals surface area contributed by atoms with Gasteiger partial charge >= 0.3 is 11.9 Å². The Morgan fingerprint density at radius 3 is 2.74 bits per heavy atom. The monoisotopic (exact) mass is 393 g/mol. The fourth-order valence-electron chi connectivity index (χ4n) is 2.56. The number of esters is 2. The van der Waals surface area contributed by atoms with Crippen LogP contribution in [0.2, 0.25) is 0 Å². The van der Waals surface area contributed by atoms with Crippen LogP contribution in [0.1, 0.15) is 22.3 Å². The third-order valence-electron chi connectivity index (χ3n) is 3.93. The lowest BCUT2D eigenvalue weighted by Crippen LogP contribution is -2.22. The predicted octanol–water partition coefficient (Wildman–Crippen LogP) is 2.41. The first-order valence-electron chi connectivity index (χ1n) is 8.03. The van der Waals surface area contributed by atoms with E-state index in [9.17, 15) is 22.4 Å². The van der Waals surface area contributed by atoms with Gasteiger partial charge in [0.2, 0.25) is 6.10 Å². The van der Waals surface area contributed by atoms with Gasteiger partial charge in [0.1, 0.15) is 5.82 Å². The smallest absolute Gasteiger partial charge is 0.347 e. The minimum atomic E-state index is -4.06. The van der Waals surface area contributed by atoms with Crippen molar-refractivity contribution in [2.45, 2.75) is 24.3 Å². The highest BCUT2D eigenvalue weighted by molar-refractivity contribution is 7.92. The lowest BCUT2D eigenvalue weighted by Gasteiger charge is -2.12. The Labute approximate surface area is 155 Å². The van der Waals surface area contributed by atoms with Crippen LogP contribution in [0.25, 0.3) is 0 Å². The Morgan fingerprint density at radius 2 is 2.04 bits per heavy atom. The minimum Gasteiger partial charge on any atom is -0.463 e. The van der Waals surface area contributed by atoms with Crippen molar-refractivity contribution >= 4 is 27.6 Å². The maximum Gasteiger partial charge on any atom is 0.347 e. The zero-order valence-corrected chi connectivity index (χ0v) is 15.1. The highest BCUT2D eigenvalue weighted by Gasteiger charge is 2.30. The molecule has 0 amide bonds. The van der Waals surface area contributed by atoms with Gasteiger partial charge in [0, 0.05) is 12.1 Å². The number of sulfonamides is 1. The van der Waals surface area contributed by atoms with Crippen molar-refractivity contribution in [3.05, 3.63) is 59.4 Å². The molecular weight excluding hydrogens is 377 g/mol. The van der Waals surface area contributed by atoms with Crippen LogP contribution in [0.3, 0.4) is 0 Å². The summed E-state index contributed by atoms with van der Waals surface area (Å²) in [6, 6.07) is 9.04. The molecule has 1 aliphatic heterocycles. The topological polar surface area (TPSA) is 98.8 Å². The van der Waals surface area contributed by atoms with Gasteiger partial charge in [-0.15, -0.1) is 0 Å². The zero-order chi connectivity index (χ0) is 19.6. The van der Waals surface area contributed by atoms with Crippen molar-refractivity contribution in [1.29, 1.82) is 0 Å². The molecule has 0 unspecified atom stereocenters. The lowest BCUT2D eigenvalue weighted by atomic mass is 10.2. The number of carbonyl (C=O) groups is 2. The Bertz CT molecular complexity index is 1000. The highest BCUT2D eigenvalue weighted by Crippen LogP contribution is 2.22. The first-order chi connectivity index (χ1) is 12.8. The van der Waals surface area contributed by atoms with Gasteiger partial charge in [-0.25, -0.2) is 22.4 Å². The van der Waals surface area contributed by atoms with E-state index < -0.39 is 33.9 Å². The van der Waals surface area contributed by atoms with Crippen molar-refractivity contribution in [2.24, 2.45) is 0 Å². The molecule has 27 heavy (non-hydrogen) atoms. The van der Waals surface area contributed by atoms with Gasteiger partial charge in [-0.3, -0.25) is 4.72 Å². The summed E-state index contributed by atoms with van der Waals surface area (Å²) >= 11 is 0. The molecule has 0 bridgehead atoms. The fourth-order valence-corrected chi connectivity index (χ4v) is 3.87. The number of carbonyl (C=O) groups excluding carboxylic acids is 2. The average molecular weight is 393 g/mol. The van der Waals surface area contributed by atoms with Crippen LogP contribution in [-0.2, 0) is 24.3 Å². The van der Waals surface area contributed by atoms with E-state index in [1.807, 2.05) is 0 Å². The van der Waals surface area contributed by atoms with E-state index in [1.165, 1.54) is 36.4 Å².